The molecule has 0 saturated carbocycles. The highest BCUT2D eigenvalue weighted by molar-refractivity contribution is 5.76. The Bertz CT molecular complexity index is 270. The van der Waals surface area contributed by atoms with Crippen molar-refractivity contribution in [2.75, 3.05) is 40.3 Å². The van der Waals surface area contributed by atoms with Gasteiger partial charge in [0.25, 0.3) is 0 Å². The van der Waals surface area contributed by atoms with E-state index in [-0.39, 0.29) is 18.1 Å². The van der Waals surface area contributed by atoms with E-state index in [0.29, 0.717) is 19.2 Å². The highest BCUT2D eigenvalue weighted by atomic mass is 16.5. The molecule has 20 heavy (non-hydrogen) atoms. The van der Waals surface area contributed by atoms with E-state index < -0.39 is 0 Å². The van der Waals surface area contributed by atoms with E-state index >= 15 is 0 Å². The summed E-state index contributed by atoms with van der Waals surface area (Å²) in [7, 11) is 4.14. The third-order valence-corrected chi connectivity index (χ3v) is 3.18. The number of nitrogens with zero attached hydrogens (tertiary/aromatic N) is 2. The molecule has 0 rings (SSSR count). The Balaban J connectivity index is 4.68. The van der Waals surface area contributed by atoms with Gasteiger partial charge in [-0.1, -0.05) is 20.8 Å². The molecule has 0 fully saturated rings. The minimum atomic E-state index is -0.264. The fraction of sp³-hybridized carbons (Fsp3) is 0.933. The first-order valence-corrected chi connectivity index (χ1v) is 7.63. The third kappa shape index (κ3) is 7.82. The first-order valence-electron chi connectivity index (χ1n) is 7.63. The van der Waals surface area contributed by atoms with E-state index in [9.17, 15) is 4.79 Å². The second-order valence-corrected chi connectivity index (χ2v) is 5.82. The molecule has 1 N–H and O–H groups in total. The summed E-state index contributed by atoms with van der Waals surface area (Å²) in [5.74, 6) is -0.156. The minimum absolute atomic E-state index is 0.156. The molecule has 0 saturated heterocycles. The zero-order chi connectivity index (χ0) is 15.7. The maximum absolute atomic E-state index is 12.1. The summed E-state index contributed by atoms with van der Waals surface area (Å²) in [6.45, 7) is 13.3. The number of carbonyl (C=O) groups excluding carboxylic acids is 1. The predicted molar refractivity (Wildman–Crippen MR) is 84.0 cm³/mol. The number of carbonyl (C=O) groups is 1. The molecular weight excluding hydrogens is 254 g/mol. The molecule has 120 valence electrons. The summed E-state index contributed by atoms with van der Waals surface area (Å²) >= 11 is 0. The van der Waals surface area contributed by atoms with Crippen LogP contribution in [-0.4, -0.2) is 74.2 Å². The van der Waals surface area contributed by atoms with Crippen molar-refractivity contribution >= 4 is 5.97 Å². The number of nitrogens with one attached hydrogen (secondary N) is 1. The van der Waals surface area contributed by atoms with Crippen LogP contribution in [0.4, 0.5) is 0 Å². The van der Waals surface area contributed by atoms with Crippen LogP contribution in [0.5, 0.6) is 0 Å². The van der Waals surface area contributed by atoms with Gasteiger partial charge in [0.15, 0.2) is 0 Å². The fourth-order valence-electron chi connectivity index (χ4n) is 2.34. The van der Waals surface area contributed by atoms with Gasteiger partial charge in [-0.05, 0) is 34.5 Å². The van der Waals surface area contributed by atoms with Gasteiger partial charge in [0.05, 0.1) is 6.61 Å². The van der Waals surface area contributed by atoms with Crippen LogP contribution in [-0.2, 0) is 9.53 Å². The normalized spacial score (nSPS) is 14.9. The van der Waals surface area contributed by atoms with Crippen molar-refractivity contribution in [1.82, 2.24) is 15.1 Å². The molecule has 2 atom stereocenters. The van der Waals surface area contributed by atoms with Gasteiger partial charge in [-0.2, -0.15) is 0 Å². The lowest BCUT2D eigenvalue weighted by atomic mass is 10.2. The van der Waals surface area contributed by atoms with Crippen LogP contribution < -0.4 is 5.32 Å². The van der Waals surface area contributed by atoms with Crippen molar-refractivity contribution in [2.45, 2.75) is 52.7 Å². The number of esters is 1. The van der Waals surface area contributed by atoms with Crippen molar-refractivity contribution < 1.29 is 9.53 Å². The molecular formula is C15H33N3O2. The fourth-order valence-corrected chi connectivity index (χ4v) is 2.34. The molecule has 5 nitrogen and oxygen atoms in total. The molecule has 0 heterocycles. The molecule has 0 aliphatic carbocycles. The van der Waals surface area contributed by atoms with Crippen LogP contribution in [0, 0.1) is 0 Å². The maximum Gasteiger partial charge on any atom is 0.324 e. The molecule has 0 radical (unpaired) electrons. The van der Waals surface area contributed by atoms with Gasteiger partial charge in [0, 0.05) is 25.2 Å². The van der Waals surface area contributed by atoms with Crippen LogP contribution in [0.2, 0.25) is 0 Å². The summed E-state index contributed by atoms with van der Waals surface area (Å²) in [4.78, 5) is 16.5. The number of ether oxygens (including phenoxy) is 1. The zero-order valence-corrected chi connectivity index (χ0v) is 14.3. The van der Waals surface area contributed by atoms with Crippen molar-refractivity contribution in [1.29, 1.82) is 0 Å². The van der Waals surface area contributed by atoms with Crippen molar-refractivity contribution in [3.8, 4) is 0 Å². The number of hydrogen-bond acceptors (Lipinski definition) is 5. The zero-order valence-electron chi connectivity index (χ0n) is 14.3. The van der Waals surface area contributed by atoms with Gasteiger partial charge in [0.1, 0.15) is 6.04 Å². The third-order valence-electron chi connectivity index (χ3n) is 3.18. The monoisotopic (exact) mass is 287 g/mol. The largest absolute Gasteiger partial charge is 0.465 e. The Morgan fingerprint density at radius 2 is 1.75 bits per heavy atom. The topological polar surface area (TPSA) is 44.8 Å². The Morgan fingerprint density at radius 1 is 1.15 bits per heavy atom. The summed E-state index contributed by atoms with van der Waals surface area (Å²) in [6.07, 6.45) is 0. The second-order valence-electron chi connectivity index (χ2n) is 5.82. The van der Waals surface area contributed by atoms with Crippen LogP contribution in [0.25, 0.3) is 0 Å². The SMILES string of the molecule is CCOC(=O)C(CN(CC)C(C)CN(C)C)NC(C)C. The molecule has 0 aliphatic rings. The van der Waals surface area contributed by atoms with Gasteiger partial charge < -0.3 is 15.0 Å². The molecule has 5 heteroatoms. The second kappa shape index (κ2) is 10.1. The van der Waals surface area contributed by atoms with Crippen molar-refractivity contribution in [3.05, 3.63) is 0 Å². The van der Waals surface area contributed by atoms with Gasteiger partial charge in [-0.3, -0.25) is 9.69 Å². The van der Waals surface area contributed by atoms with E-state index in [4.69, 9.17) is 4.74 Å². The highest BCUT2D eigenvalue weighted by Crippen LogP contribution is 2.04. The summed E-state index contributed by atoms with van der Waals surface area (Å²) in [5, 5.41) is 3.31. The molecule has 0 spiro atoms. The highest BCUT2D eigenvalue weighted by Gasteiger charge is 2.25. The van der Waals surface area contributed by atoms with E-state index in [1.165, 1.54) is 0 Å². The van der Waals surface area contributed by atoms with Crippen LogP contribution >= 0.6 is 0 Å². The Morgan fingerprint density at radius 3 is 2.15 bits per heavy atom. The smallest absolute Gasteiger partial charge is 0.324 e. The van der Waals surface area contributed by atoms with E-state index in [1.54, 1.807) is 0 Å². The first kappa shape index (κ1) is 19.4. The van der Waals surface area contributed by atoms with Gasteiger partial charge in [-0.25, -0.2) is 0 Å². The number of hydrogen-bond donors (Lipinski definition) is 1. The average molecular weight is 287 g/mol. The maximum atomic E-state index is 12.1. The summed E-state index contributed by atoms with van der Waals surface area (Å²) < 4.78 is 5.17. The summed E-state index contributed by atoms with van der Waals surface area (Å²) in [6, 6.07) is 0.396. The van der Waals surface area contributed by atoms with Crippen LogP contribution in [0.1, 0.15) is 34.6 Å². The lowest BCUT2D eigenvalue weighted by Gasteiger charge is -2.33. The lowest BCUT2D eigenvalue weighted by Crippen LogP contribution is -2.52. The molecule has 0 aliphatic heterocycles. The average Bonchev–Trinajstić information content (AvgIpc) is 2.33. The van der Waals surface area contributed by atoms with Gasteiger partial charge in [-0.15, -0.1) is 0 Å². The molecule has 0 aromatic rings. The van der Waals surface area contributed by atoms with Crippen LogP contribution in [0.3, 0.4) is 0 Å². The lowest BCUT2D eigenvalue weighted by molar-refractivity contribution is -0.146. The molecule has 0 aromatic carbocycles. The number of likely N-dealkylation sites (N-methyl/N-ethyl adjacent to an activating group) is 2. The Labute approximate surface area is 124 Å². The Kier molecular flexibility index (Phi) is 9.80. The van der Waals surface area contributed by atoms with E-state index in [0.717, 1.165) is 13.1 Å². The van der Waals surface area contributed by atoms with Gasteiger partial charge >= 0.3 is 5.97 Å². The molecule has 0 amide bonds. The van der Waals surface area contributed by atoms with Crippen molar-refractivity contribution in [2.24, 2.45) is 0 Å². The molecule has 0 bridgehead atoms. The predicted octanol–water partition coefficient (Wildman–Crippen LogP) is 1.19. The quantitative estimate of drug-likeness (QED) is 0.612. The van der Waals surface area contributed by atoms with E-state index in [2.05, 4.69) is 43.1 Å². The van der Waals surface area contributed by atoms with Gasteiger partial charge in [0.2, 0.25) is 0 Å². The molecule has 0 aromatic heterocycles. The Hall–Kier alpha value is -0.650. The van der Waals surface area contributed by atoms with Crippen molar-refractivity contribution in [3.63, 3.8) is 0 Å². The first-order chi connectivity index (χ1) is 9.31. The summed E-state index contributed by atoms with van der Waals surface area (Å²) in [5.41, 5.74) is 0. The molecule has 2 unspecified atom stereocenters. The minimum Gasteiger partial charge on any atom is -0.465 e. The van der Waals surface area contributed by atoms with Crippen LogP contribution in [0.15, 0.2) is 0 Å². The van der Waals surface area contributed by atoms with E-state index in [1.807, 2.05) is 20.8 Å². The number of rotatable bonds is 10. The standard InChI is InChI=1S/C15H33N3O2/c1-8-18(13(5)10-17(6)7)11-14(16-12(3)4)15(19)20-9-2/h12-14,16H,8-11H2,1-7H3.